The van der Waals surface area contributed by atoms with Gasteiger partial charge in [0.05, 0.1) is 0 Å². The van der Waals surface area contributed by atoms with Gasteiger partial charge < -0.3 is 5.11 Å². The first-order valence-corrected chi connectivity index (χ1v) is 2.73. The molecule has 0 aromatic heterocycles. The van der Waals surface area contributed by atoms with E-state index in [0.717, 1.165) is 0 Å². The van der Waals surface area contributed by atoms with E-state index in [2.05, 4.69) is 0 Å². The normalized spacial score (nSPS) is 10.0. The van der Waals surface area contributed by atoms with Crippen LogP contribution in [0.5, 0.6) is 0 Å². The predicted octanol–water partition coefficient (Wildman–Crippen LogP) is -1.82. The molecule has 0 fully saturated rings. The second-order valence-corrected chi connectivity index (χ2v) is 2.13. The summed E-state index contributed by atoms with van der Waals surface area (Å²) in [5, 5.41) is 7.56. The Morgan fingerprint density at radius 2 is 1.57 bits per heavy atom. The van der Waals surface area contributed by atoms with Crippen molar-refractivity contribution < 1.29 is 18.1 Å². The van der Waals surface area contributed by atoms with E-state index in [1.807, 2.05) is 0 Å². The minimum atomic E-state index is -4.11. The zero-order valence-corrected chi connectivity index (χ0v) is 3.64. The summed E-state index contributed by atoms with van der Waals surface area (Å²) >= 11 is 0. The van der Waals surface area contributed by atoms with Crippen molar-refractivity contribution in [2.75, 3.05) is 5.94 Å². The van der Waals surface area contributed by atoms with E-state index in [1.54, 1.807) is 0 Å². The molecule has 0 heterocycles. The topological polar surface area (TPSA) is 74.6 Å². The Morgan fingerprint density at radius 3 is 1.57 bits per heavy atom. The molecule has 4 nitrogen and oxygen atoms in total. The van der Waals surface area contributed by atoms with Crippen LogP contribution < -0.4 is 0 Å². The van der Waals surface area contributed by atoms with Crippen molar-refractivity contribution in [3.05, 3.63) is 0 Å². The van der Waals surface area contributed by atoms with Crippen LogP contribution in [0.25, 0.3) is 0 Å². The van der Waals surface area contributed by atoms with Crippen LogP contribution in [-0.4, -0.2) is 42.9 Å². The van der Waals surface area contributed by atoms with Gasteiger partial charge in [0.25, 0.3) is 10.1 Å². The van der Waals surface area contributed by atoms with Crippen LogP contribution in [0.2, 0.25) is 0 Å². The third-order valence-corrected chi connectivity index (χ3v) is 0.489. The minimum absolute atomic E-state index is 0. The molecule has 0 aromatic carbocycles. The molecule has 0 atom stereocenters. The fourth-order valence-corrected chi connectivity index (χ4v) is 0. The van der Waals surface area contributed by atoms with Gasteiger partial charge in [-0.1, -0.05) is 0 Å². The van der Waals surface area contributed by atoms with Crippen molar-refractivity contribution in [1.82, 2.24) is 0 Å². The summed E-state index contributed by atoms with van der Waals surface area (Å²) in [4.78, 5) is 0. The first-order valence-electron chi connectivity index (χ1n) is 1.12. The maximum absolute atomic E-state index is 9.31. The molecule has 0 amide bonds. The molecule has 0 unspecified atom stereocenters. The van der Waals surface area contributed by atoms with Gasteiger partial charge >= 0.3 is 18.9 Å². The van der Waals surface area contributed by atoms with Gasteiger partial charge in [-0.2, -0.15) is 8.42 Å². The van der Waals surface area contributed by atoms with Gasteiger partial charge in [0, 0.05) is 0 Å². The fourth-order valence-electron chi connectivity index (χ4n) is 0. The first kappa shape index (κ1) is 10.4. The Bertz CT molecular complexity index is 114. The van der Waals surface area contributed by atoms with E-state index >= 15 is 0 Å². The molecule has 7 heavy (non-hydrogen) atoms. The Morgan fingerprint density at radius 1 is 1.43 bits per heavy atom. The van der Waals surface area contributed by atoms with Gasteiger partial charge in [-0.15, -0.1) is 0 Å². The monoisotopic (exact) mass is 120 g/mol. The van der Waals surface area contributed by atoms with Crippen LogP contribution in [0.3, 0.4) is 0 Å². The van der Waals surface area contributed by atoms with Crippen LogP contribution in [0.15, 0.2) is 0 Å². The summed E-state index contributed by atoms with van der Waals surface area (Å²) in [6.07, 6.45) is 0. The van der Waals surface area contributed by atoms with Crippen LogP contribution >= 0.6 is 0 Å². The average Bonchev–Trinajstić information content (AvgIpc) is 1.35. The van der Waals surface area contributed by atoms with Crippen molar-refractivity contribution >= 4 is 29.0 Å². The summed E-state index contributed by atoms with van der Waals surface area (Å²) in [5.41, 5.74) is 0. The van der Waals surface area contributed by atoms with Gasteiger partial charge in [0.2, 0.25) is 0 Å². The number of rotatable bonds is 1. The van der Waals surface area contributed by atoms with Crippen molar-refractivity contribution in [3.63, 3.8) is 0 Å². The third kappa shape index (κ3) is 10.7. The molecule has 0 saturated carbocycles. The molecule has 0 saturated heterocycles. The van der Waals surface area contributed by atoms with Gasteiger partial charge in [-0.3, -0.25) is 4.55 Å². The summed E-state index contributed by atoms with van der Waals surface area (Å²) < 4.78 is 26.2. The van der Waals surface area contributed by atoms with Crippen molar-refractivity contribution in [2.24, 2.45) is 0 Å². The van der Waals surface area contributed by atoms with Crippen molar-refractivity contribution in [3.8, 4) is 0 Å². The molecule has 0 spiro atoms. The van der Waals surface area contributed by atoms with E-state index in [-0.39, 0.29) is 18.9 Å². The average molecular weight is 120 g/mol. The molecule has 40 valence electrons. The zero-order valence-electron chi connectivity index (χ0n) is 2.83. The fraction of sp³-hybridized carbons (Fsp3) is 1.00. The summed E-state index contributed by atoms with van der Waals surface area (Å²) in [5.74, 6) is -1.20. The number of aliphatic hydroxyl groups excluding tert-OH is 1. The van der Waals surface area contributed by atoms with Gasteiger partial charge in [-0.25, -0.2) is 0 Å². The van der Waals surface area contributed by atoms with Gasteiger partial charge in [0.15, 0.2) is 5.94 Å². The SMILES string of the molecule is O=S(=O)(O)CO.[LiH]. The molecule has 0 radical (unpaired) electrons. The standard InChI is InChI=1S/CH4O4S.Li.H/c2-1-6(3,4)5;;/h2H,1H2,(H,3,4,5);;. The van der Waals surface area contributed by atoms with Crippen LogP contribution in [0.4, 0.5) is 0 Å². The second-order valence-electron chi connectivity index (χ2n) is 0.711. The molecular formula is CH5LiO4S. The zero-order chi connectivity index (χ0) is 5.21. The molecule has 0 aliphatic rings. The molecule has 0 aromatic rings. The van der Waals surface area contributed by atoms with Crippen molar-refractivity contribution in [2.45, 2.75) is 0 Å². The van der Waals surface area contributed by atoms with E-state index in [9.17, 15) is 8.42 Å². The van der Waals surface area contributed by atoms with Gasteiger partial charge in [-0.05, 0) is 0 Å². The van der Waals surface area contributed by atoms with E-state index in [0.29, 0.717) is 0 Å². The number of hydrogen-bond donors (Lipinski definition) is 2. The van der Waals surface area contributed by atoms with Crippen molar-refractivity contribution in [1.29, 1.82) is 0 Å². The van der Waals surface area contributed by atoms with E-state index in [1.165, 1.54) is 0 Å². The number of aliphatic hydroxyl groups is 1. The maximum atomic E-state index is 9.31. The molecule has 0 aliphatic carbocycles. The van der Waals surface area contributed by atoms with Crippen LogP contribution in [-0.2, 0) is 10.1 Å². The Kier molecular flexibility index (Phi) is 5.18. The van der Waals surface area contributed by atoms with E-state index < -0.39 is 16.1 Å². The van der Waals surface area contributed by atoms with Gasteiger partial charge in [0.1, 0.15) is 0 Å². The Hall–Kier alpha value is 0.467. The second kappa shape index (κ2) is 3.47. The molecule has 2 N–H and O–H groups in total. The van der Waals surface area contributed by atoms with E-state index in [4.69, 9.17) is 9.66 Å². The Labute approximate surface area is 53.5 Å². The summed E-state index contributed by atoms with van der Waals surface area (Å²) in [6, 6.07) is 0. The summed E-state index contributed by atoms with van der Waals surface area (Å²) in [6.45, 7) is 0. The predicted molar refractivity (Wildman–Crippen MR) is 25.8 cm³/mol. The molecule has 0 rings (SSSR count). The number of hydrogen-bond acceptors (Lipinski definition) is 3. The Balaban J connectivity index is 0. The van der Waals surface area contributed by atoms with Crippen LogP contribution in [0.1, 0.15) is 0 Å². The quantitative estimate of drug-likeness (QED) is 0.315. The molecular weight excluding hydrogens is 115 g/mol. The third-order valence-electron chi connectivity index (χ3n) is 0.163. The molecule has 0 aliphatic heterocycles. The first-order chi connectivity index (χ1) is 2.56. The summed E-state index contributed by atoms with van der Waals surface area (Å²) in [7, 11) is -4.11. The molecule has 6 heteroatoms. The molecule has 0 bridgehead atoms. The van der Waals surface area contributed by atoms with Crippen LogP contribution in [0, 0.1) is 0 Å².